The Kier molecular flexibility index (Phi) is 5.56. The van der Waals surface area contributed by atoms with Crippen LogP contribution in [-0.4, -0.2) is 35.8 Å². The maximum absolute atomic E-state index is 12.7. The van der Waals surface area contributed by atoms with Crippen LogP contribution in [0.25, 0.3) is 0 Å². The molecule has 0 saturated carbocycles. The van der Waals surface area contributed by atoms with Crippen molar-refractivity contribution in [1.29, 1.82) is 0 Å². The van der Waals surface area contributed by atoms with Crippen LogP contribution in [0.4, 0.5) is 0 Å². The van der Waals surface area contributed by atoms with E-state index in [0.29, 0.717) is 19.8 Å². The molecule has 1 aromatic carbocycles. The van der Waals surface area contributed by atoms with Crippen molar-refractivity contribution in [1.82, 2.24) is 9.88 Å². The number of benzene rings is 1. The standard InChI is InChI=1S/C20H26N2O3/c1-14-11-17(15(2)22(14)3)20(23)21-18-9-10-24-13-19(18)25-12-16-7-5-4-6-8-16/h4-8,11,18-19H,9-10,12-13H2,1-3H3,(H,21,23)/t18-,19-/m0/s1. The van der Waals surface area contributed by atoms with Crippen LogP contribution < -0.4 is 5.32 Å². The highest BCUT2D eigenvalue weighted by atomic mass is 16.5. The lowest BCUT2D eigenvalue weighted by molar-refractivity contribution is -0.0736. The van der Waals surface area contributed by atoms with Gasteiger partial charge in [0.1, 0.15) is 6.10 Å². The Labute approximate surface area is 148 Å². The SMILES string of the molecule is Cc1cc(C(=O)N[C@H]2CCOC[C@@H]2OCc2ccccc2)c(C)n1C. The highest BCUT2D eigenvalue weighted by Gasteiger charge is 2.29. The molecular weight excluding hydrogens is 316 g/mol. The monoisotopic (exact) mass is 342 g/mol. The molecule has 1 aliphatic rings. The fourth-order valence-corrected chi connectivity index (χ4v) is 3.15. The van der Waals surface area contributed by atoms with Crippen LogP contribution in [0, 0.1) is 13.8 Å². The van der Waals surface area contributed by atoms with Gasteiger partial charge in [-0.3, -0.25) is 4.79 Å². The van der Waals surface area contributed by atoms with E-state index in [0.717, 1.165) is 28.9 Å². The summed E-state index contributed by atoms with van der Waals surface area (Å²) in [6.07, 6.45) is 0.624. The molecule has 1 saturated heterocycles. The molecule has 2 atom stereocenters. The number of nitrogens with zero attached hydrogens (tertiary/aromatic N) is 1. The normalized spacial score (nSPS) is 20.4. The van der Waals surface area contributed by atoms with Gasteiger partial charge in [-0.25, -0.2) is 0 Å². The Morgan fingerprint density at radius 3 is 2.76 bits per heavy atom. The number of aromatic nitrogens is 1. The first-order valence-electron chi connectivity index (χ1n) is 8.73. The van der Waals surface area contributed by atoms with Crippen LogP contribution in [0.3, 0.4) is 0 Å². The topological polar surface area (TPSA) is 52.5 Å². The predicted octanol–water partition coefficient (Wildman–Crippen LogP) is 2.75. The predicted molar refractivity (Wildman–Crippen MR) is 96.6 cm³/mol. The van der Waals surface area contributed by atoms with E-state index < -0.39 is 0 Å². The first-order valence-corrected chi connectivity index (χ1v) is 8.73. The van der Waals surface area contributed by atoms with Crippen molar-refractivity contribution in [3.63, 3.8) is 0 Å². The molecular formula is C20H26N2O3. The number of hydrogen-bond donors (Lipinski definition) is 1. The molecule has 0 radical (unpaired) electrons. The van der Waals surface area contributed by atoms with Gasteiger partial charge in [-0.1, -0.05) is 30.3 Å². The molecule has 3 rings (SSSR count). The zero-order chi connectivity index (χ0) is 17.8. The van der Waals surface area contributed by atoms with Crippen LogP contribution in [0.1, 0.15) is 33.7 Å². The first-order chi connectivity index (χ1) is 12.1. The van der Waals surface area contributed by atoms with Crippen molar-refractivity contribution in [3.05, 3.63) is 58.9 Å². The fraction of sp³-hybridized carbons (Fsp3) is 0.450. The van der Waals surface area contributed by atoms with E-state index in [2.05, 4.69) is 5.32 Å². The van der Waals surface area contributed by atoms with E-state index in [9.17, 15) is 4.79 Å². The van der Waals surface area contributed by atoms with Crippen molar-refractivity contribution in [2.24, 2.45) is 7.05 Å². The summed E-state index contributed by atoms with van der Waals surface area (Å²) in [5.41, 5.74) is 3.90. The third-order valence-electron chi connectivity index (χ3n) is 4.95. The quantitative estimate of drug-likeness (QED) is 0.909. The molecule has 1 fully saturated rings. The molecule has 1 aliphatic heterocycles. The molecule has 5 heteroatoms. The van der Waals surface area contributed by atoms with Gasteiger partial charge in [0, 0.05) is 25.0 Å². The van der Waals surface area contributed by atoms with Gasteiger partial charge in [0.2, 0.25) is 0 Å². The summed E-state index contributed by atoms with van der Waals surface area (Å²) in [7, 11) is 1.97. The molecule has 2 aromatic rings. The highest BCUT2D eigenvalue weighted by molar-refractivity contribution is 5.95. The van der Waals surface area contributed by atoms with Gasteiger partial charge < -0.3 is 19.4 Å². The van der Waals surface area contributed by atoms with Crippen molar-refractivity contribution in [3.8, 4) is 0 Å². The number of hydrogen-bond acceptors (Lipinski definition) is 3. The van der Waals surface area contributed by atoms with Crippen molar-refractivity contribution < 1.29 is 14.3 Å². The summed E-state index contributed by atoms with van der Waals surface area (Å²) in [6.45, 7) is 5.64. The summed E-state index contributed by atoms with van der Waals surface area (Å²) < 4.78 is 13.6. The Morgan fingerprint density at radius 2 is 2.08 bits per heavy atom. The minimum absolute atomic E-state index is 0.0372. The maximum atomic E-state index is 12.7. The minimum atomic E-state index is -0.136. The molecule has 134 valence electrons. The van der Waals surface area contributed by atoms with E-state index in [1.54, 1.807) is 0 Å². The Balaban J connectivity index is 1.64. The van der Waals surface area contributed by atoms with Crippen LogP contribution in [0.2, 0.25) is 0 Å². The number of carbonyl (C=O) groups is 1. The van der Waals surface area contributed by atoms with E-state index >= 15 is 0 Å². The summed E-state index contributed by atoms with van der Waals surface area (Å²) in [5.74, 6) is -0.0404. The number of carbonyl (C=O) groups excluding carboxylic acids is 1. The van der Waals surface area contributed by atoms with Gasteiger partial charge in [0.25, 0.3) is 5.91 Å². The summed E-state index contributed by atoms with van der Waals surface area (Å²) in [5, 5.41) is 3.15. The third kappa shape index (κ3) is 4.11. The zero-order valence-electron chi connectivity index (χ0n) is 15.1. The molecule has 1 amide bonds. The van der Waals surface area contributed by atoms with E-state index in [1.165, 1.54) is 0 Å². The molecule has 5 nitrogen and oxygen atoms in total. The van der Waals surface area contributed by atoms with E-state index in [4.69, 9.17) is 9.47 Å². The fourth-order valence-electron chi connectivity index (χ4n) is 3.15. The second-order valence-corrected chi connectivity index (χ2v) is 6.62. The Hall–Kier alpha value is -2.11. The summed E-state index contributed by atoms with van der Waals surface area (Å²) >= 11 is 0. The largest absolute Gasteiger partial charge is 0.379 e. The summed E-state index contributed by atoms with van der Waals surface area (Å²) in [6, 6.07) is 11.9. The second kappa shape index (κ2) is 7.85. The number of amides is 1. The number of rotatable bonds is 5. The highest BCUT2D eigenvalue weighted by Crippen LogP contribution is 2.17. The number of ether oxygens (including phenoxy) is 2. The molecule has 1 aromatic heterocycles. The lowest BCUT2D eigenvalue weighted by atomic mass is 10.0. The minimum Gasteiger partial charge on any atom is -0.379 e. The second-order valence-electron chi connectivity index (χ2n) is 6.62. The molecule has 2 heterocycles. The van der Waals surface area contributed by atoms with Crippen LogP contribution in [0.5, 0.6) is 0 Å². The first kappa shape index (κ1) is 17.7. The van der Waals surface area contributed by atoms with Crippen LogP contribution >= 0.6 is 0 Å². The molecule has 0 unspecified atom stereocenters. The van der Waals surface area contributed by atoms with Gasteiger partial charge in [-0.2, -0.15) is 0 Å². The Bertz CT molecular complexity index is 724. The van der Waals surface area contributed by atoms with Crippen molar-refractivity contribution in [2.75, 3.05) is 13.2 Å². The average molecular weight is 342 g/mol. The van der Waals surface area contributed by atoms with Gasteiger partial charge in [-0.05, 0) is 31.9 Å². The molecule has 1 N–H and O–H groups in total. The molecule has 0 bridgehead atoms. The lowest BCUT2D eigenvalue weighted by Gasteiger charge is -2.32. The maximum Gasteiger partial charge on any atom is 0.253 e. The smallest absolute Gasteiger partial charge is 0.253 e. The van der Waals surface area contributed by atoms with Crippen LogP contribution in [-0.2, 0) is 23.1 Å². The lowest BCUT2D eigenvalue weighted by Crippen LogP contribution is -2.50. The van der Waals surface area contributed by atoms with Gasteiger partial charge in [0.15, 0.2) is 0 Å². The third-order valence-corrected chi connectivity index (χ3v) is 4.95. The number of aryl methyl sites for hydroxylation is 1. The Morgan fingerprint density at radius 1 is 1.32 bits per heavy atom. The van der Waals surface area contributed by atoms with Gasteiger partial charge >= 0.3 is 0 Å². The van der Waals surface area contributed by atoms with Crippen molar-refractivity contribution in [2.45, 2.75) is 39.0 Å². The van der Waals surface area contributed by atoms with Crippen molar-refractivity contribution >= 4 is 5.91 Å². The van der Waals surface area contributed by atoms with Gasteiger partial charge in [0.05, 0.1) is 24.8 Å². The molecule has 25 heavy (non-hydrogen) atoms. The zero-order valence-corrected chi connectivity index (χ0v) is 15.1. The average Bonchev–Trinajstić information content (AvgIpc) is 2.89. The number of nitrogens with one attached hydrogen (secondary N) is 1. The van der Waals surface area contributed by atoms with Gasteiger partial charge in [-0.15, -0.1) is 0 Å². The molecule has 0 spiro atoms. The van der Waals surface area contributed by atoms with Crippen LogP contribution in [0.15, 0.2) is 36.4 Å². The summed E-state index contributed by atoms with van der Waals surface area (Å²) in [4.78, 5) is 12.7. The molecule has 0 aliphatic carbocycles. The van der Waals surface area contributed by atoms with E-state index in [1.807, 2.05) is 61.9 Å². The van der Waals surface area contributed by atoms with E-state index in [-0.39, 0.29) is 18.1 Å².